The number of rotatable bonds is 3. The summed E-state index contributed by atoms with van der Waals surface area (Å²) in [6.07, 6.45) is 1.16. The molecule has 110 valence electrons. The number of benzene rings is 1. The van der Waals surface area contributed by atoms with E-state index < -0.39 is 27.7 Å². The van der Waals surface area contributed by atoms with Gasteiger partial charge in [-0.2, -0.15) is 4.31 Å². The van der Waals surface area contributed by atoms with E-state index in [2.05, 4.69) is 0 Å². The van der Waals surface area contributed by atoms with Crippen LogP contribution in [0.4, 0.5) is 4.39 Å². The zero-order valence-corrected chi connectivity index (χ0v) is 12.0. The van der Waals surface area contributed by atoms with Crippen molar-refractivity contribution in [3.05, 3.63) is 29.6 Å². The summed E-state index contributed by atoms with van der Waals surface area (Å²) in [5.41, 5.74) is 5.72. The Kier molecular flexibility index (Phi) is 4.10. The maximum absolute atomic E-state index is 13.3. The van der Waals surface area contributed by atoms with Crippen LogP contribution in [0.1, 0.15) is 18.4 Å². The maximum atomic E-state index is 13.3. The molecule has 2 N–H and O–H groups in total. The molecule has 1 aromatic rings. The van der Waals surface area contributed by atoms with Crippen molar-refractivity contribution in [1.29, 1.82) is 0 Å². The van der Waals surface area contributed by atoms with Gasteiger partial charge in [-0.15, -0.1) is 0 Å². The second-order valence-electron chi connectivity index (χ2n) is 5.01. The quantitative estimate of drug-likeness (QED) is 0.905. The summed E-state index contributed by atoms with van der Waals surface area (Å²) in [7, 11) is -3.80. The summed E-state index contributed by atoms with van der Waals surface area (Å²) in [5, 5.41) is 0. The third-order valence-electron chi connectivity index (χ3n) is 3.55. The Morgan fingerprint density at radius 2 is 2.15 bits per heavy atom. The van der Waals surface area contributed by atoms with Gasteiger partial charge in [0, 0.05) is 13.1 Å². The second-order valence-corrected chi connectivity index (χ2v) is 6.92. The van der Waals surface area contributed by atoms with Crippen LogP contribution in [0.2, 0.25) is 0 Å². The molecule has 1 aliphatic heterocycles. The maximum Gasteiger partial charge on any atom is 0.243 e. The average Bonchev–Trinajstić information content (AvgIpc) is 2.41. The molecule has 1 unspecified atom stereocenters. The minimum atomic E-state index is -3.80. The number of nitrogens with two attached hydrogens (primary N) is 1. The molecule has 0 aromatic heterocycles. The van der Waals surface area contributed by atoms with Gasteiger partial charge in [-0.1, -0.05) is 6.07 Å². The van der Waals surface area contributed by atoms with Crippen LogP contribution < -0.4 is 5.73 Å². The van der Waals surface area contributed by atoms with Crippen molar-refractivity contribution in [2.75, 3.05) is 13.1 Å². The highest BCUT2D eigenvalue weighted by Gasteiger charge is 2.33. The van der Waals surface area contributed by atoms with Gasteiger partial charge >= 0.3 is 0 Å². The van der Waals surface area contributed by atoms with E-state index in [4.69, 9.17) is 5.73 Å². The number of aryl methyl sites for hydroxylation is 1. The SMILES string of the molecule is Cc1ccc(F)cc1S(=O)(=O)N1CCCC(C(N)=O)C1. The molecule has 1 aliphatic rings. The number of primary amides is 1. The zero-order valence-electron chi connectivity index (χ0n) is 11.2. The first-order valence-electron chi connectivity index (χ1n) is 6.38. The van der Waals surface area contributed by atoms with E-state index in [1.165, 1.54) is 16.4 Å². The fourth-order valence-corrected chi connectivity index (χ4v) is 4.14. The molecule has 1 saturated heterocycles. The Balaban J connectivity index is 2.35. The number of carbonyl (C=O) groups is 1. The highest BCUT2D eigenvalue weighted by atomic mass is 32.2. The minimum Gasteiger partial charge on any atom is -0.369 e. The molecule has 0 aliphatic carbocycles. The zero-order chi connectivity index (χ0) is 14.9. The van der Waals surface area contributed by atoms with Crippen molar-refractivity contribution < 1.29 is 17.6 Å². The number of amides is 1. The fraction of sp³-hybridized carbons (Fsp3) is 0.462. The van der Waals surface area contributed by atoms with Gasteiger partial charge in [0.2, 0.25) is 15.9 Å². The highest BCUT2D eigenvalue weighted by Crippen LogP contribution is 2.26. The molecule has 7 heteroatoms. The number of nitrogens with zero attached hydrogens (tertiary/aromatic N) is 1. The molecular weight excluding hydrogens is 283 g/mol. The van der Waals surface area contributed by atoms with Crippen molar-refractivity contribution in [3.8, 4) is 0 Å². The van der Waals surface area contributed by atoms with Crippen LogP contribution in [0, 0.1) is 18.7 Å². The van der Waals surface area contributed by atoms with Gasteiger partial charge in [0.25, 0.3) is 0 Å². The number of halogens is 1. The Morgan fingerprint density at radius 1 is 1.45 bits per heavy atom. The van der Waals surface area contributed by atoms with Gasteiger partial charge in [-0.3, -0.25) is 4.79 Å². The number of piperidine rings is 1. The molecule has 0 saturated carbocycles. The number of sulfonamides is 1. The van der Waals surface area contributed by atoms with Crippen LogP contribution in [0.15, 0.2) is 23.1 Å². The Bertz CT molecular complexity index is 631. The molecule has 1 amide bonds. The molecule has 5 nitrogen and oxygen atoms in total. The van der Waals surface area contributed by atoms with E-state index in [1.807, 2.05) is 0 Å². The summed E-state index contributed by atoms with van der Waals surface area (Å²) in [6.45, 7) is 2.00. The first-order chi connectivity index (χ1) is 9.32. The lowest BCUT2D eigenvalue weighted by Gasteiger charge is -2.30. The van der Waals surface area contributed by atoms with E-state index in [1.54, 1.807) is 6.92 Å². The van der Waals surface area contributed by atoms with Gasteiger partial charge in [-0.25, -0.2) is 12.8 Å². The molecule has 0 bridgehead atoms. The van der Waals surface area contributed by atoms with Gasteiger partial charge in [-0.05, 0) is 37.5 Å². The molecule has 1 aromatic carbocycles. The van der Waals surface area contributed by atoms with Crippen molar-refractivity contribution in [3.63, 3.8) is 0 Å². The molecule has 1 fully saturated rings. The fourth-order valence-electron chi connectivity index (χ4n) is 2.38. The summed E-state index contributed by atoms with van der Waals surface area (Å²) in [5.74, 6) is -1.58. The predicted octanol–water partition coefficient (Wildman–Crippen LogP) is 1.02. The van der Waals surface area contributed by atoms with Gasteiger partial charge in [0.1, 0.15) is 5.82 Å². The summed E-state index contributed by atoms with van der Waals surface area (Å²) >= 11 is 0. The third kappa shape index (κ3) is 2.83. The summed E-state index contributed by atoms with van der Waals surface area (Å²) in [6, 6.07) is 3.66. The van der Waals surface area contributed by atoms with E-state index in [0.29, 0.717) is 24.9 Å². The largest absolute Gasteiger partial charge is 0.369 e. The third-order valence-corrected chi connectivity index (χ3v) is 5.56. The van der Waals surface area contributed by atoms with Crippen LogP contribution in [0.5, 0.6) is 0 Å². The lowest BCUT2D eigenvalue weighted by Crippen LogP contribution is -2.44. The van der Waals surface area contributed by atoms with Crippen molar-refractivity contribution in [2.24, 2.45) is 11.7 Å². The van der Waals surface area contributed by atoms with Gasteiger partial charge in [0.05, 0.1) is 10.8 Å². The van der Waals surface area contributed by atoms with Crippen LogP contribution >= 0.6 is 0 Å². The first kappa shape index (κ1) is 14.9. The van der Waals surface area contributed by atoms with Crippen LogP contribution in [0.25, 0.3) is 0 Å². The normalized spacial score (nSPS) is 20.8. The smallest absolute Gasteiger partial charge is 0.243 e. The topological polar surface area (TPSA) is 80.5 Å². The number of carbonyl (C=O) groups excluding carboxylic acids is 1. The van der Waals surface area contributed by atoms with Gasteiger partial charge < -0.3 is 5.73 Å². The molecule has 0 spiro atoms. The van der Waals surface area contributed by atoms with Crippen molar-refractivity contribution in [1.82, 2.24) is 4.31 Å². The van der Waals surface area contributed by atoms with Crippen molar-refractivity contribution >= 4 is 15.9 Å². The Hall–Kier alpha value is -1.47. The summed E-state index contributed by atoms with van der Waals surface area (Å²) in [4.78, 5) is 11.2. The monoisotopic (exact) mass is 300 g/mol. The van der Waals surface area contributed by atoms with E-state index >= 15 is 0 Å². The molecule has 20 heavy (non-hydrogen) atoms. The molecular formula is C13H17FN2O3S. The van der Waals surface area contributed by atoms with Crippen LogP contribution in [-0.2, 0) is 14.8 Å². The highest BCUT2D eigenvalue weighted by molar-refractivity contribution is 7.89. The Morgan fingerprint density at radius 3 is 2.80 bits per heavy atom. The Labute approximate surface area is 117 Å². The molecule has 0 radical (unpaired) electrons. The molecule has 1 atom stereocenters. The summed E-state index contributed by atoms with van der Waals surface area (Å²) < 4.78 is 39.6. The molecule has 2 rings (SSSR count). The second kappa shape index (κ2) is 5.49. The van der Waals surface area contributed by atoms with Crippen LogP contribution in [-0.4, -0.2) is 31.7 Å². The lowest BCUT2D eigenvalue weighted by atomic mass is 9.99. The molecule has 1 heterocycles. The van der Waals surface area contributed by atoms with Gasteiger partial charge in [0.15, 0.2) is 0 Å². The first-order valence-corrected chi connectivity index (χ1v) is 7.82. The van der Waals surface area contributed by atoms with E-state index in [0.717, 1.165) is 6.07 Å². The lowest BCUT2D eigenvalue weighted by molar-refractivity contribution is -0.122. The van der Waals surface area contributed by atoms with E-state index in [9.17, 15) is 17.6 Å². The number of hydrogen-bond acceptors (Lipinski definition) is 3. The van der Waals surface area contributed by atoms with Crippen molar-refractivity contribution in [2.45, 2.75) is 24.7 Å². The average molecular weight is 300 g/mol. The predicted molar refractivity (Wildman–Crippen MR) is 71.8 cm³/mol. The number of hydrogen-bond donors (Lipinski definition) is 1. The standard InChI is InChI=1S/C13H17FN2O3S/c1-9-4-5-11(14)7-12(9)20(18,19)16-6-2-3-10(8-16)13(15)17/h4-5,7,10H,2-3,6,8H2,1H3,(H2,15,17). The minimum absolute atomic E-state index is 0.0531. The van der Waals surface area contributed by atoms with Crippen LogP contribution in [0.3, 0.4) is 0 Å². The van der Waals surface area contributed by atoms with E-state index in [-0.39, 0.29) is 11.4 Å².